The maximum absolute atomic E-state index is 12.5. The molecule has 2 N–H and O–H groups in total. The van der Waals surface area contributed by atoms with E-state index >= 15 is 0 Å². The fourth-order valence-electron chi connectivity index (χ4n) is 4.80. The first-order chi connectivity index (χ1) is 20.8. The molecular weight excluding hydrogens is 592 g/mol. The first-order valence-corrected chi connectivity index (χ1v) is 18.2. The summed E-state index contributed by atoms with van der Waals surface area (Å²) in [6, 6.07) is 0. The van der Waals surface area contributed by atoms with Crippen molar-refractivity contribution in [1.29, 1.82) is 0 Å². The zero-order chi connectivity index (χ0) is 31.2. The molecule has 2 heterocycles. The molecule has 0 bridgehead atoms. The van der Waals surface area contributed by atoms with Crippen molar-refractivity contribution in [3.8, 4) is 0 Å². The summed E-state index contributed by atoms with van der Waals surface area (Å²) in [5.74, 6) is 0.278. The van der Waals surface area contributed by atoms with Crippen LogP contribution in [0.25, 0.3) is 11.2 Å². The largest absolute Gasteiger partial charge is 1.00 e. The van der Waals surface area contributed by atoms with Crippen LogP contribution in [0.3, 0.4) is 0 Å². The Balaban J connectivity index is 0.00000968. The second kappa shape index (κ2) is 25.5. The van der Waals surface area contributed by atoms with Crippen molar-refractivity contribution in [1.82, 2.24) is 19.5 Å². The number of unbranched alkanes of at least 4 members (excludes halogenated alkanes) is 13. The Morgan fingerprint density at radius 2 is 1.43 bits per heavy atom. The quantitative estimate of drug-likeness (QED) is 0.0824. The second-order valence-electron chi connectivity index (χ2n) is 11.6. The first kappa shape index (κ1) is 41.4. The average molecular weight is 650 g/mol. The monoisotopic (exact) mass is 649 g/mol. The summed E-state index contributed by atoms with van der Waals surface area (Å²) < 4.78 is 36.4. The van der Waals surface area contributed by atoms with E-state index in [1.54, 1.807) is 10.9 Å². The summed E-state index contributed by atoms with van der Waals surface area (Å²) in [5, 5.41) is 0. The van der Waals surface area contributed by atoms with Crippen molar-refractivity contribution < 1.29 is 57.8 Å². The van der Waals surface area contributed by atoms with Gasteiger partial charge in [-0.2, -0.15) is 0 Å². The van der Waals surface area contributed by atoms with Crippen LogP contribution in [0, 0.1) is 0 Å². The fourth-order valence-corrected chi connectivity index (χ4v) is 5.68. The molecule has 44 heavy (non-hydrogen) atoms. The Kier molecular flexibility index (Phi) is 24.0. The van der Waals surface area contributed by atoms with E-state index in [-0.39, 0.29) is 61.2 Å². The van der Waals surface area contributed by atoms with Crippen molar-refractivity contribution in [3.05, 3.63) is 12.7 Å². The van der Waals surface area contributed by atoms with Crippen LogP contribution in [0.5, 0.6) is 0 Å². The van der Waals surface area contributed by atoms with Crippen LogP contribution in [0.4, 0.5) is 5.82 Å². The van der Waals surface area contributed by atoms with Gasteiger partial charge in [0.05, 0.1) is 38.3 Å². The molecule has 0 radical (unpaired) electrons. The Morgan fingerprint density at radius 1 is 0.841 bits per heavy atom. The van der Waals surface area contributed by atoms with Crippen molar-refractivity contribution in [3.63, 3.8) is 0 Å². The predicted octanol–water partition coefficient (Wildman–Crippen LogP) is 3.64. The SMILES string of the molecule is CCCCCCCCCCCCCCCCOCCCOP(=O)([O-])COC(COC(C)C)Cn1cnc2c(N)ncnc21.[Na+]. The minimum atomic E-state index is -4.19. The number of hydrogen-bond acceptors (Lipinski definition) is 10. The van der Waals surface area contributed by atoms with Gasteiger partial charge in [0.1, 0.15) is 18.2 Å². The molecule has 2 aromatic rings. The van der Waals surface area contributed by atoms with Crippen LogP contribution in [-0.2, 0) is 29.8 Å². The molecule has 248 valence electrons. The number of fused-ring (bicyclic) bond motifs is 1. The molecule has 13 heteroatoms. The number of imidazole rings is 1. The van der Waals surface area contributed by atoms with Crippen LogP contribution in [0.15, 0.2) is 12.7 Å². The van der Waals surface area contributed by atoms with Gasteiger partial charge >= 0.3 is 29.6 Å². The zero-order valence-corrected chi connectivity index (χ0v) is 30.8. The molecule has 0 amide bonds. The van der Waals surface area contributed by atoms with Gasteiger partial charge in [-0.05, 0) is 26.7 Å². The molecular formula is C31H57N5NaO6P. The molecule has 11 nitrogen and oxygen atoms in total. The van der Waals surface area contributed by atoms with Gasteiger partial charge in [0.15, 0.2) is 19.1 Å². The van der Waals surface area contributed by atoms with Gasteiger partial charge in [-0.15, -0.1) is 0 Å². The van der Waals surface area contributed by atoms with Crippen molar-refractivity contribution >= 4 is 24.6 Å². The zero-order valence-electron chi connectivity index (χ0n) is 27.9. The molecule has 0 saturated heterocycles. The number of ether oxygens (including phenoxy) is 3. The average Bonchev–Trinajstić information content (AvgIpc) is 3.39. The van der Waals surface area contributed by atoms with Gasteiger partial charge in [0, 0.05) is 13.2 Å². The van der Waals surface area contributed by atoms with Crippen LogP contribution >= 0.6 is 7.60 Å². The molecule has 0 aromatic carbocycles. The topological polar surface area (TPSA) is 147 Å². The van der Waals surface area contributed by atoms with E-state index in [4.69, 9.17) is 24.5 Å². The molecule has 0 aliphatic rings. The van der Waals surface area contributed by atoms with E-state index in [9.17, 15) is 9.46 Å². The number of anilines is 1. The van der Waals surface area contributed by atoms with Gasteiger partial charge < -0.3 is 38.5 Å². The van der Waals surface area contributed by atoms with Crippen molar-refractivity contribution in [2.45, 2.75) is 136 Å². The van der Waals surface area contributed by atoms with E-state index in [0.717, 1.165) is 6.42 Å². The van der Waals surface area contributed by atoms with Crippen molar-refractivity contribution in [2.75, 3.05) is 38.5 Å². The van der Waals surface area contributed by atoms with E-state index in [1.165, 1.54) is 89.8 Å². The molecule has 0 saturated carbocycles. The number of rotatable bonds is 28. The number of nitrogen functional groups attached to an aromatic ring is 1. The van der Waals surface area contributed by atoms with E-state index in [1.807, 2.05) is 13.8 Å². The van der Waals surface area contributed by atoms with Crippen molar-refractivity contribution in [2.24, 2.45) is 0 Å². The van der Waals surface area contributed by atoms with Crippen LogP contribution in [0.2, 0.25) is 0 Å². The predicted molar refractivity (Wildman–Crippen MR) is 170 cm³/mol. The van der Waals surface area contributed by atoms with Gasteiger partial charge in [0.25, 0.3) is 0 Å². The maximum Gasteiger partial charge on any atom is 1.00 e. The summed E-state index contributed by atoms with van der Waals surface area (Å²) >= 11 is 0. The number of aromatic nitrogens is 4. The fraction of sp³-hybridized carbons (Fsp3) is 0.839. The molecule has 2 aromatic heterocycles. The smallest absolute Gasteiger partial charge is 0.777 e. The summed E-state index contributed by atoms with van der Waals surface area (Å²) in [6.07, 6.45) is 20.9. The number of nitrogens with two attached hydrogens (primary N) is 1. The number of nitrogens with zero attached hydrogens (tertiary/aromatic N) is 4. The van der Waals surface area contributed by atoms with Gasteiger partial charge in [-0.1, -0.05) is 90.4 Å². The standard InChI is InChI=1S/C31H58N5O6P.Na/c1-4-5-6-7-8-9-10-11-12-13-14-15-16-17-19-39-20-18-21-42-43(37,38)26-41-28(23-40-27(2)3)22-36-25-35-29-30(32)33-24-34-31(29)36;/h24-25,27-28H,4-23,26H2,1-3H3,(H,37,38)(H2,32,33,34);/q;+1/p-1. The summed E-state index contributed by atoms with van der Waals surface area (Å²) in [4.78, 5) is 24.9. The van der Waals surface area contributed by atoms with E-state index < -0.39 is 20.0 Å². The minimum absolute atomic E-state index is 0. The Bertz CT molecular complexity index is 1030. The molecule has 2 rings (SSSR count). The summed E-state index contributed by atoms with van der Waals surface area (Å²) in [6.45, 7) is 7.80. The third-order valence-corrected chi connectivity index (χ3v) is 8.32. The van der Waals surface area contributed by atoms with Crippen LogP contribution < -0.4 is 40.2 Å². The second-order valence-corrected chi connectivity index (χ2v) is 13.4. The van der Waals surface area contributed by atoms with Gasteiger partial charge in [-0.25, -0.2) is 15.0 Å². The maximum atomic E-state index is 12.5. The number of hydrogen-bond donors (Lipinski definition) is 1. The van der Waals surface area contributed by atoms with Gasteiger partial charge in [-0.3, -0.25) is 0 Å². The molecule has 0 fully saturated rings. The van der Waals surface area contributed by atoms with Crippen LogP contribution in [-0.4, -0.2) is 64.5 Å². The van der Waals surface area contributed by atoms with Gasteiger partial charge in [0.2, 0.25) is 0 Å². The molecule has 0 spiro atoms. The Hall–Kier alpha value is -0.620. The van der Waals surface area contributed by atoms with E-state index in [2.05, 4.69) is 21.9 Å². The third kappa shape index (κ3) is 19.1. The van der Waals surface area contributed by atoms with Crippen LogP contribution in [0.1, 0.15) is 117 Å². The normalized spacial score (nSPS) is 13.8. The van der Waals surface area contributed by atoms with E-state index in [0.29, 0.717) is 30.8 Å². The molecule has 2 atom stereocenters. The third-order valence-electron chi connectivity index (χ3n) is 7.28. The summed E-state index contributed by atoms with van der Waals surface area (Å²) in [5.41, 5.74) is 6.89. The minimum Gasteiger partial charge on any atom is -0.777 e. The summed E-state index contributed by atoms with van der Waals surface area (Å²) in [7, 11) is -4.19. The Morgan fingerprint density at radius 3 is 2.05 bits per heavy atom. The Labute approximate surface area is 287 Å². The molecule has 0 aliphatic carbocycles. The molecule has 2 unspecified atom stereocenters. The first-order valence-electron chi connectivity index (χ1n) is 16.5. The molecule has 0 aliphatic heterocycles.